The predicted octanol–water partition coefficient (Wildman–Crippen LogP) is 5.62. The molecule has 0 bridgehead atoms. The van der Waals surface area contributed by atoms with Crippen LogP contribution in [0.2, 0.25) is 0 Å². The molecule has 3 aromatic rings. The first kappa shape index (κ1) is 19.4. The summed E-state index contributed by atoms with van der Waals surface area (Å²) in [4.78, 5) is 14.7. The number of rotatable bonds is 8. The van der Waals surface area contributed by atoms with Crippen LogP contribution >= 0.6 is 0 Å². The Kier molecular flexibility index (Phi) is 7.02. The van der Waals surface area contributed by atoms with Gasteiger partial charge in [0, 0.05) is 6.54 Å². The quantitative estimate of drug-likeness (QED) is 0.481. The Labute approximate surface area is 166 Å². The van der Waals surface area contributed by atoms with E-state index < -0.39 is 0 Å². The van der Waals surface area contributed by atoms with Crippen LogP contribution < -0.4 is 0 Å². The summed E-state index contributed by atoms with van der Waals surface area (Å²) in [5.41, 5.74) is 3.18. The van der Waals surface area contributed by atoms with Crippen LogP contribution in [0.1, 0.15) is 16.7 Å². The molecule has 0 aliphatic heterocycles. The van der Waals surface area contributed by atoms with Gasteiger partial charge < -0.3 is 4.74 Å². The summed E-state index contributed by atoms with van der Waals surface area (Å²) in [6.07, 6.45) is 2.17. The highest BCUT2D eigenvalue weighted by molar-refractivity contribution is 5.68. The van der Waals surface area contributed by atoms with Gasteiger partial charge in [-0.25, -0.2) is 4.79 Å². The third-order valence-electron chi connectivity index (χ3n) is 4.60. The standard InChI is InChI=1S/C25H25NO2/c1-2-24(18-21-12-6-3-7-13-21)26(19-22-14-8-4-9-15-22)25(27)28-20-23-16-10-5-11-17-23/h2-17,24H,1,18-20H2/t24-/m0/s1. The fourth-order valence-corrected chi connectivity index (χ4v) is 3.08. The minimum atomic E-state index is -0.339. The number of amides is 1. The van der Waals surface area contributed by atoms with Gasteiger partial charge in [-0.1, -0.05) is 97.1 Å². The highest BCUT2D eigenvalue weighted by Gasteiger charge is 2.23. The van der Waals surface area contributed by atoms with Crippen molar-refractivity contribution < 1.29 is 9.53 Å². The van der Waals surface area contributed by atoms with Crippen molar-refractivity contribution in [3.8, 4) is 0 Å². The largest absolute Gasteiger partial charge is 0.445 e. The molecule has 0 N–H and O–H groups in total. The van der Waals surface area contributed by atoms with Gasteiger partial charge in [0.1, 0.15) is 6.61 Å². The zero-order valence-electron chi connectivity index (χ0n) is 15.9. The van der Waals surface area contributed by atoms with E-state index in [2.05, 4.69) is 18.7 Å². The van der Waals surface area contributed by atoms with Crippen LogP contribution in [-0.2, 0) is 24.3 Å². The smallest absolute Gasteiger partial charge is 0.410 e. The minimum Gasteiger partial charge on any atom is -0.445 e. The van der Waals surface area contributed by atoms with E-state index in [1.54, 1.807) is 4.90 Å². The molecule has 0 spiro atoms. The first-order chi connectivity index (χ1) is 13.8. The molecule has 0 aromatic heterocycles. The molecule has 3 aromatic carbocycles. The van der Waals surface area contributed by atoms with E-state index in [-0.39, 0.29) is 18.7 Å². The van der Waals surface area contributed by atoms with E-state index >= 15 is 0 Å². The monoisotopic (exact) mass is 371 g/mol. The number of ether oxygens (including phenoxy) is 1. The van der Waals surface area contributed by atoms with Crippen molar-refractivity contribution in [3.05, 3.63) is 120 Å². The van der Waals surface area contributed by atoms with Crippen molar-refractivity contribution in [1.29, 1.82) is 0 Å². The van der Waals surface area contributed by atoms with Crippen LogP contribution in [0.15, 0.2) is 104 Å². The number of hydrogen-bond donors (Lipinski definition) is 0. The molecular formula is C25H25NO2. The predicted molar refractivity (Wildman–Crippen MR) is 113 cm³/mol. The molecule has 142 valence electrons. The van der Waals surface area contributed by atoms with Crippen LogP contribution in [0.5, 0.6) is 0 Å². The Hall–Kier alpha value is -3.33. The molecule has 1 amide bonds. The summed E-state index contributed by atoms with van der Waals surface area (Å²) in [5, 5.41) is 0. The van der Waals surface area contributed by atoms with Crippen molar-refractivity contribution in [1.82, 2.24) is 4.90 Å². The number of hydrogen-bond acceptors (Lipinski definition) is 2. The highest BCUT2D eigenvalue weighted by Crippen LogP contribution is 2.16. The zero-order chi connectivity index (χ0) is 19.6. The van der Waals surface area contributed by atoms with E-state index in [1.165, 1.54) is 0 Å². The van der Waals surface area contributed by atoms with Crippen molar-refractivity contribution in [2.75, 3.05) is 0 Å². The first-order valence-corrected chi connectivity index (χ1v) is 9.44. The minimum absolute atomic E-state index is 0.161. The fraction of sp³-hybridized carbons (Fsp3) is 0.160. The maximum absolute atomic E-state index is 13.0. The Morgan fingerprint density at radius 1 is 0.821 bits per heavy atom. The van der Waals surface area contributed by atoms with Gasteiger partial charge in [0.25, 0.3) is 0 Å². The molecule has 0 radical (unpaired) electrons. The average Bonchev–Trinajstić information content (AvgIpc) is 2.76. The Bertz CT molecular complexity index is 863. The van der Waals surface area contributed by atoms with Gasteiger partial charge in [-0.15, -0.1) is 6.58 Å². The summed E-state index contributed by atoms with van der Waals surface area (Å²) in [7, 11) is 0. The highest BCUT2D eigenvalue weighted by atomic mass is 16.6. The molecule has 0 aliphatic rings. The molecule has 0 saturated heterocycles. The Balaban J connectivity index is 1.76. The van der Waals surface area contributed by atoms with Crippen molar-refractivity contribution in [2.24, 2.45) is 0 Å². The molecule has 28 heavy (non-hydrogen) atoms. The van der Waals surface area contributed by atoms with Crippen LogP contribution in [-0.4, -0.2) is 17.0 Å². The summed E-state index contributed by atoms with van der Waals surface area (Å²) in [6, 6.07) is 29.6. The second kappa shape index (κ2) is 10.1. The molecule has 0 unspecified atom stereocenters. The van der Waals surface area contributed by atoms with Crippen molar-refractivity contribution in [3.63, 3.8) is 0 Å². The third kappa shape index (κ3) is 5.58. The lowest BCUT2D eigenvalue weighted by atomic mass is 10.0. The summed E-state index contributed by atoms with van der Waals surface area (Å²) < 4.78 is 5.62. The molecule has 3 nitrogen and oxygen atoms in total. The van der Waals surface area contributed by atoms with E-state index in [0.717, 1.165) is 16.7 Å². The molecule has 3 rings (SSSR count). The van der Waals surface area contributed by atoms with Crippen molar-refractivity contribution in [2.45, 2.75) is 25.6 Å². The van der Waals surface area contributed by atoms with Gasteiger partial charge in [0.05, 0.1) is 6.04 Å². The number of carbonyl (C=O) groups is 1. The topological polar surface area (TPSA) is 29.5 Å². The lowest BCUT2D eigenvalue weighted by molar-refractivity contribution is 0.0843. The first-order valence-electron chi connectivity index (χ1n) is 9.44. The SMILES string of the molecule is C=C[C@@H](Cc1ccccc1)N(Cc1ccccc1)C(=O)OCc1ccccc1. The fourth-order valence-electron chi connectivity index (χ4n) is 3.08. The molecule has 3 heteroatoms. The average molecular weight is 371 g/mol. The molecule has 0 fully saturated rings. The summed E-state index contributed by atoms with van der Waals surface area (Å²) in [5.74, 6) is 0. The normalized spacial score (nSPS) is 11.4. The van der Waals surface area contributed by atoms with Gasteiger partial charge in [-0.05, 0) is 23.1 Å². The molecular weight excluding hydrogens is 346 g/mol. The van der Waals surface area contributed by atoms with Crippen LogP contribution in [0.3, 0.4) is 0 Å². The number of nitrogens with zero attached hydrogens (tertiary/aromatic N) is 1. The van der Waals surface area contributed by atoms with Gasteiger partial charge in [0.2, 0.25) is 0 Å². The maximum atomic E-state index is 13.0. The number of carbonyl (C=O) groups excluding carboxylic acids is 1. The molecule has 1 atom stereocenters. The molecule has 0 heterocycles. The maximum Gasteiger partial charge on any atom is 0.410 e. The van der Waals surface area contributed by atoms with Crippen LogP contribution in [0.4, 0.5) is 4.79 Å². The van der Waals surface area contributed by atoms with Gasteiger partial charge in [0.15, 0.2) is 0 Å². The number of benzene rings is 3. The van der Waals surface area contributed by atoms with E-state index in [4.69, 9.17) is 4.74 Å². The zero-order valence-corrected chi connectivity index (χ0v) is 15.9. The third-order valence-corrected chi connectivity index (χ3v) is 4.60. The summed E-state index contributed by atoms with van der Waals surface area (Å²) in [6.45, 7) is 4.69. The van der Waals surface area contributed by atoms with Gasteiger partial charge in [-0.2, -0.15) is 0 Å². The summed E-state index contributed by atoms with van der Waals surface area (Å²) >= 11 is 0. The Morgan fingerprint density at radius 3 is 1.86 bits per heavy atom. The second-order valence-corrected chi connectivity index (χ2v) is 6.65. The second-order valence-electron chi connectivity index (χ2n) is 6.65. The van der Waals surface area contributed by atoms with Gasteiger partial charge >= 0.3 is 6.09 Å². The van der Waals surface area contributed by atoms with E-state index in [0.29, 0.717) is 13.0 Å². The lowest BCUT2D eigenvalue weighted by Crippen LogP contribution is -2.40. The molecule has 0 saturated carbocycles. The Morgan fingerprint density at radius 2 is 1.32 bits per heavy atom. The van der Waals surface area contributed by atoms with Crippen LogP contribution in [0, 0.1) is 0 Å². The van der Waals surface area contributed by atoms with Gasteiger partial charge in [-0.3, -0.25) is 4.90 Å². The lowest BCUT2D eigenvalue weighted by Gasteiger charge is -2.29. The van der Waals surface area contributed by atoms with E-state index in [1.807, 2.05) is 84.9 Å². The van der Waals surface area contributed by atoms with Crippen molar-refractivity contribution >= 4 is 6.09 Å². The van der Waals surface area contributed by atoms with E-state index in [9.17, 15) is 4.79 Å². The van der Waals surface area contributed by atoms with Crippen LogP contribution in [0.25, 0.3) is 0 Å². The molecule has 0 aliphatic carbocycles.